The van der Waals surface area contributed by atoms with Crippen LogP contribution in [0.1, 0.15) is 12.5 Å². The molecule has 0 fully saturated rings. The predicted octanol–water partition coefficient (Wildman–Crippen LogP) is 3.92. The molecule has 4 heteroatoms. The molecule has 2 aromatic carbocycles. The molecule has 0 radical (unpaired) electrons. The summed E-state index contributed by atoms with van der Waals surface area (Å²) in [6, 6.07) is 14.6. The summed E-state index contributed by atoms with van der Waals surface area (Å²) in [5.41, 5.74) is 1.66. The van der Waals surface area contributed by atoms with Crippen LogP contribution in [0.4, 0.5) is 5.69 Å². The number of rotatable bonds is 5. The first-order valence-corrected chi connectivity index (χ1v) is 6.82. The van der Waals surface area contributed by atoms with E-state index in [9.17, 15) is 4.79 Å². The molecule has 0 aliphatic heterocycles. The zero-order chi connectivity index (χ0) is 14.4. The molecule has 0 bridgehead atoms. The molecule has 20 heavy (non-hydrogen) atoms. The van der Waals surface area contributed by atoms with E-state index in [0.29, 0.717) is 18.1 Å². The number of carbonyl (C=O) groups is 1. The van der Waals surface area contributed by atoms with Crippen LogP contribution in [0.2, 0.25) is 5.02 Å². The van der Waals surface area contributed by atoms with Gasteiger partial charge in [-0.25, -0.2) is 0 Å². The van der Waals surface area contributed by atoms with Crippen molar-refractivity contribution in [3.05, 3.63) is 59.1 Å². The van der Waals surface area contributed by atoms with Crippen LogP contribution in [0.25, 0.3) is 0 Å². The Labute approximate surface area is 123 Å². The second-order valence-corrected chi connectivity index (χ2v) is 4.75. The van der Waals surface area contributed by atoms with Crippen LogP contribution in [0.3, 0.4) is 0 Å². The van der Waals surface area contributed by atoms with Gasteiger partial charge in [-0.2, -0.15) is 0 Å². The van der Waals surface area contributed by atoms with Gasteiger partial charge in [0.1, 0.15) is 5.75 Å². The Hall–Kier alpha value is -2.00. The molecular formula is C16H16ClNO2. The lowest BCUT2D eigenvalue weighted by Gasteiger charge is -2.08. The SMILES string of the molecule is CCOc1cccc(NC(=O)Cc2ccc(Cl)cc2)c1. The van der Waals surface area contributed by atoms with Crippen molar-refractivity contribution in [2.45, 2.75) is 13.3 Å². The minimum absolute atomic E-state index is 0.0685. The minimum atomic E-state index is -0.0685. The molecular weight excluding hydrogens is 274 g/mol. The molecule has 2 rings (SSSR count). The molecule has 0 saturated heterocycles. The van der Waals surface area contributed by atoms with Crippen LogP contribution in [0.15, 0.2) is 48.5 Å². The van der Waals surface area contributed by atoms with Crippen LogP contribution in [0, 0.1) is 0 Å². The van der Waals surface area contributed by atoms with Gasteiger partial charge in [0.15, 0.2) is 0 Å². The summed E-state index contributed by atoms with van der Waals surface area (Å²) in [7, 11) is 0. The van der Waals surface area contributed by atoms with Crippen molar-refractivity contribution in [2.24, 2.45) is 0 Å². The summed E-state index contributed by atoms with van der Waals surface area (Å²) in [6.07, 6.45) is 0.316. The maximum absolute atomic E-state index is 12.0. The second-order valence-electron chi connectivity index (χ2n) is 4.31. The topological polar surface area (TPSA) is 38.3 Å². The summed E-state index contributed by atoms with van der Waals surface area (Å²) in [6.45, 7) is 2.52. The number of anilines is 1. The summed E-state index contributed by atoms with van der Waals surface area (Å²) >= 11 is 5.81. The van der Waals surface area contributed by atoms with E-state index >= 15 is 0 Å². The molecule has 2 aromatic rings. The normalized spacial score (nSPS) is 10.1. The van der Waals surface area contributed by atoms with Crippen molar-refractivity contribution in [1.29, 1.82) is 0 Å². The van der Waals surface area contributed by atoms with Crippen molar-refractivity contribution in [3.8, 4) is 5.75 Å². The third-order valence-electron chi connectivity index (χ3n) is 2.71. The van der Waals surface area contributed by atoms with Crippen molar-refractivity contribution < 1.29 is 9.53 Å². The highest BCUT2D eigenvalue weighted by Gasteiger charge is 2.05. The lowest BCUT2D eigenvalue weighted by atomic mass is 10.1. The molecule has 0 aliphatic carbocycles. The van der Waals surface area contributed by atoms with E-state index in [1.165, 1.54) is 0 Å². The van der Waals surface area contributed by atoms with Gasteiger partial charge in [0.25, 0.3) is 0 Å². The second kappa shape index (κ2) is 6.96. The first-order valence-electron chi connectivity index (χ1n) is 6.44. The quantitative estimate of drug-likeness (QED) is 0.906. The predicted molar refractivity (Wildman–Crippen MR) is 81.4 cm³/mol. The zero-order valence-corrected chi connectivity index (χ0v) is 12.0. The Bertz CT molecular complexity index is 581. The minimum Gasteiger partial charge on any atom is -0.494 e. The molecule has 3 nitrogen and oxygen atoms in total. The fourth-order valence-electron chi connectivity index (χ4n) is 1.82. The van der Waals surface area contributed by atoms with Crippen molar-refractivity contribution in [1.82, 2.24) is 0 Å². The molecule has 104 valence electrons. The molecule has 0 spiro atoms. The molecule has 1 N–H and O–H groups in total. The molecule has 0 atom stereocenters. The molecule has 0 aliphatic rings. The standard InChI is InChI=1S/C16H16ClNO2/c1-2-20-15-5-3-4-14(11-15)18-16(19)10-12-6-8-13(17)9-7-12/h3-9,11H,2,10H2,1H3,(H,18,19). The molecule has 0 unspecified atom stereocenters. The molecule has 0 heterocycles. The van der Waals surface area contributed by atoms with Crippen LogP contribution < -0.4 is 10.1 Å². The van der Waals surface area contributed by atoms with Gasteiger partial charge in [-0.05, 0) is 36.8 Å². The number of amides is 1. The summed E-state index contributed by atoms with van der Waals surface area (Å²) in [5, 5.41) is 3.52. The average molecular weight is 290 g/mol. The number of ether oxygens (including phenoxy) is 1. The monoisotopic (exact) mass is 289 g/mol. The molecule has 0 saturated carbocycles. The number of carbonyl (C=O) groups excluding carboxylic acids is 1. The van der Waals surface area contributed by atoms with Crippen molar-refractivity contribution >= 4 is 23.2 Å². The maximum atomic E-state index is 12.0. The number of hydrogen-bond acceptors (Lipinski definition) is 2. The van der Waals surface area contributed by atoms with Crippen LogP contribution in [-0.4, -0.2) is 12.5 Å². The smallest absolute Gasteiger partial charge is 0.228 e. The highest BCUT2D eigenvalue weighted by Crippen LogP contribution is 2.17. The Morgan fingerprint density at radius 1 is 1.20 bits per heavy atom. The summed E-state index contributed by atoms with van der Waals surface area (Å²) < 4.78 is 5.39. The van der Waals surface area contributed by atoms with E-state index in [-0.39, 0.29) is 5.91 Å². The number of hydrogen-bond donors (Lipinski definition) is 1. The van der Waals surface area contributed by atoms with Gasteiger partial charge in [0.05, 0.1) is 13.0 Å². The Balaban J connectivity index is 1.97. The Morgan fingerprint density at radius 3 is 2.65 bits per heavy atom. The van der Waals surface area contributed by atoms with Crippen molar-refractivity contribution in [2.75, 3.05) is 11.9 Å². The summed E-state index contributed by atoms with van der Waals surface area (Å²) in [4.78, 5) is 12.0. The third-order valence-corrected chi connectivity index (χ3v) is 2.96. The van der Waals surface area contributed by atoms with E-state index in [1.807, 2.05) is 43.3 Å². The van der Waals surface area contributed by atoms with E-state index in [0.717, 1.165) is 17.0 Å². The first-order chi connectivity index (χ1) is 9.67. The third kappa shape index (κ3) is 4.28. The number of halogens is 1. The van der Waals surface area contributed by atoms with Crippen molar-refractivity contribution in [3.63, 3.8) is 0 Å². The largest absolute Gasteiger partial charge is 0.494 e. The van der Waals surface area contributed by atoms with Gasteiger partial charge in [-0.3, -0.25) is 4.79 Å². The highest BCUT2D eigenvalue weighted by atomic mass is 35.5. The van der Waals surface area contributed by atoms with Crippen LogP contribution in [0.5, 0.6) is 5.75 Å². The molecule has 0 aromatic heterocycles. The maximum Gasteiger partial charge on any atom is 0.228 e. The summed E-state index contributed by atoms with van der Waals surface area (Å²) in [5.74, 6) is 0.678. The zero-order valence-electron chi connectivity index (χ0n) is 11.2. The number of nitrogens with one attached hydrogen (secondary N) is 1. The fourth-order valence-corrected chi connectivity index (χ4v) is 1.95. The van der Waals surface area contributed by atoms with Gasteiger partial charge < -0.3 is 10.1 Å². The van der Waals surface area contributed by atoms with E-state index < -0.39 is 0 Å². The number of benzene rings is 2. The van der Waals surface area contributed by atoms with Crippen LogP contribution >= 0.6 is 11.6 Å². The lowest BCUT2D eigenvalue weighted by Crippen LogP contribution is -2.14. The lowest BCUT2D eigenvalue weighted by molar-refractivity contribution is -0.115. The Morgan fingerprint density at radius 2 is 1.95 bits per heavy atom. The van der Waals surface area contributed by atoms with Gasteiger partial charge in [0.2, 0.25) is 5.91 Å². The van der Waals surface area contributed by atoms with Crippen LogP contribution in [-0.2, 0) is 11.2 Å². The van der Waals surface area contributed by atoms with E-state index in [2.05, 4.69) is 5.32 Å². The van der Waals surface area contributed by atoms with Gasteiger partial charge in [-0.15, -0.1) is 0 Å². The first kappa shape index (κ1) is 14.4. The molecule has 1 amide bonds. The Kier molecular flexibility index (Phi) is 5.02. The van der Waals surface area contributed by atoms with Gasteiger partial charge in [-0.1, -0.05) is 29.8 Å². The van der Waals surface area contributed by atoms with E-state index in [4.69, 9.17) is 16.3 Å². The van der Waals surface area contributed by atoms with E-state index in [1.54, 1.807) is 12.1 Å². The average Bonchev–Trinajstić information content (AvgIpc) is 2.42. The highest BCUT2D eigenvalue weighted by molar-refractivity contribution is 6.30. The van der Waals surface area contributed by atoms with Gasteiger partial charge >= 0.3 is 0 Å². The van der Waals surface area contributed by atoms with Gasteiger partial charge in [0, 0.05) is 16.8 Å². The fraction of sp³-hybridized carbons (Fsp3) is 0.188.